The monoisotopic (exact) mass is 407 g/mol. The molecule has 150 valence electrons. The third-order valence-corrected chi connectivity index (χ3v) is 6.17. The number of anilines is 1. The van der Waals surface area contributed by atoms with Crippen LogP contribution in [-0.2, 0) is 6.54 Å². The summed E-state index contributed by atoms with van der Waals surface area (Å²) in [6.45, 7) is 2.63. The summed E-state index contributed by atoms with van der Waals surface area (Å²) in [6.07, 6.45) is 6.20. The molecule has 5 nitrogen and oxygen atoms in total. The van der Waals surface area contributed by atoms with Gasteiger partial charge in [-0.15, -0.1) is 11.3 Å². The van der Waals surface area contributed by atoms with Crippen molar-refractivity contribution in [2.45, 2.75) is 45.2 Å². The van der Waals surface area contributed by atoms with Gasteiger partial charge >= 0.3 is 0 Å². The molecule has 3 aromatic rings. The van der Waals surface area contributed by atoms with Gasteiger partial charge in [0, 0.05) is 18.8 Å². The SMILES string of the molecule is Cc1cccc(Cn2ccc(NC(=O)c3cccs3)c2C(=O)NC2CCCC2)c1. The second-order valence-electron chi connectivity index (χ2n) is 7.58. The first-order chi connectivity index (χ1) is 14.1. The van der Waals surface area contributed by atoms with Crippen LogP contribution in [0.2, 0.25) is 0 Å². The fourth-order valence-corrected chi connectivity index (χ4v) is 4.50. The lowest BCUT2D eigenvalue weighted by Crippen LogP contribution is -2.34. The molecule has 29 heavy (non-hydrogen) atoms. The van der Waals surface area contributed by atoms with E-state index in [1.54, 1.807) is 6.07 Å². The number of aryl methyl sites for hydroxylation is 1. The zero-order chi connectivity index (χ0) is 20.2. The van der Waals surface area contributed by atoms with E-state index in [9.17, 15) is 9.59 Å². The summed E-state index contributed by atoms with van der Waals surface area (Å²) in [5.74, 6) is -0.320. The normalized spacial score (nSPS) is 14.1. The highest BCUT2D eigenvalue weighted by atomic mass is 32.1. The molecule has 0 radical (unpaired) electrons. The van der Waals surface area contributed by atoms with Gasteiger partial charge in [-0.3, -0.25) is 9.59 Å². The predicted molar refractivity (Wildman–Crippen MR) is 117 cm³/mol. The van der Waals surface area contributed by atoms with Crippen molar-refractivity contribution in [1.82, 2.24) is 9.88 Å². The van der Waals surface area contributed by atoms with E-state index in [0.29, 0.717) is 22.8 Å². The van der Waals surface area contributed by atoms with Gasteiger partial charge in [-0.05, 0) is 42.8 Å². The van der Waals surface area contributed by atoms with Crippen molar-refractivity contribution in [3.8, 4) is 0 Å². The molecule has 2 heterocycles. The molecular formula is C23H25N3O2S. The van der Waals surface area contributed by atoms with Crippen LogP contribution in [0.3, 0.4) is 0 Å². The highest BCUT2D eigenvalue weighted by Gasteiger charge is 2.24. The minimum absolute atomic E-state index is 0.129. The average molecular weight is 408 g/mol. The summed E-state index contributed by atoms with van der Waals surface area (Å²) in [5, 5.41) is 7.95. The van der Waals surface area contributed by atoms with Crippen LogP contribution in [0.5, 0.6) is 0 Å². The lowest BCUT2D eigenvalue weighted by atomic mass is 10.1. The highest BCUT2D eigenvalue weighted by Crippen LogP contribution is 2.23. The molecular weight excluding hydrogens is 382 g/mol. The number of nitrogens with zero attached hydrogens (tertiary/aromatic N) is 1. The largest absolute Gasteiger partial charge is 0.348 e. The molecule has 0 unspecified atom stereocenters. The molecule has 4 rings (SSSR count). The summed E-state index contributed by atoms with van der Waals surface area (Å²) in [7, 11) is 0. The van der Waals surface area contributed by atoms with Gasteiger partial charge in [-0.25, -0.2) is 0 Å². The first kappa shape index (κ1) is 19.5. The molecule has 1 saturated carbocycles. The maximum Gasteiger partial charge on any atom is 0.270 e. The van der Waals surface area contributed by atoms with Crippen LogP contribution in [0.15, 0.2) is 54.0 Å². The third kappa shape index (κ3) is 4.59. The van der Waals surface area contributed by atoms with Gasteiger partial charge in [-0.1, -0.05) is 48.7 Å². The van der Waals surface area contributed by atoms with Crippen LogP contribution in [0, 0.1) is 6.92 Å². The molecule has 0 spiro atoms. The number of hydrogen-bond donors (Lipinski definition) is 2. The van der Waals surface area contributed by atoms with Gasteiger partial charge in [0.15, 0.2) is 0 Å². The van der Waals surface area contributed by atoms with E-state index in [0.717, 1.165) is 31.2 Å². The summed E-state index contributed by atoms with van der Waals surface area (Å²) >= 11 is 1.38. The molecule has 2 amide bonds. The lowest BCUT2D eigenvalue weighted by Gasteiger charge is -2.16. The van der Waals surface area contributed by atoms with E-state index < -0.39 is 0 Å². The quantitative estimate of drug-likeness (QED) is 0.615. The van der Waals surface area contributed by atoms with E-state index in [1.165, 1.54) is 16.9 Å². The number of aromatic nitrogens is 1. The maximum absolute atomic E-state index is 13.1. The van der Waals surface area contributed by atoms with Crippen molar-refractivity contribution < 1.29 is 9.59 Å². The third-order valence-electron chi connectivity index (χ3n) is 5.30. The van der Waals surface area contributed by atoms with Crippen LogP contribution < -0.4 is 10.6 Å². The number of hydrogen-bond acceptors (Lipinski definition) is 3. The Morgan fingerprint density at radius 2 is 1.93 bits per heavy atom. The van der Waals surface area contributed by atoms with Crippen molar-refractivity contribution in [3.63, 3.8) is 0 Å². The average Bonchev–Trinajstić information content (AvgIpc) is 3.44. The van der Waals surface area contributed by atoms with E-state index >= 15 is 0 Å². The van der Waals surface area contributed by atoms with Gasteiger partial charge < -0.3 is 15.2 Å². The Kier molecular flexibility index (Phi) is 5.81. The zero-order valence-electron chi connectivity index (χ0n) is 16.5. The molecule has 0 aliphatic heterocycles. The van der Waals surface area contributed by atoms with E-state index in [2.05, 4.69) is 35.8 Å². The first-order valence-corrected chi connectivity index (χ1v) is 10.9. The van der Waals surface area contributed by atoms with Crippen molar-refractivity contribution in [2.24, 2.45) is 0 Å². The van der Waals surface area contributed by atoms with Gasteiger partial charge in [0.2, 0.25) is 0 Å². The smallest absolute Gasteiger partial charge is 0.270 e. The van der Waals surface area contributed by atoms with E-state index in [1.807, 2.05) is 34.3 Å². The Bertz CT molecular complexity index is 1000. The first-order valence-electron chi connectivity index (χ1n) is 10.0. The number of thiophene rings is 1. The molecule has 2 aromatic heterocycles. The fourth-order valence-electron chi connectivity index (χ4n) is 3.88. The minimum atomic E-state index is -0.191. The Morgan fingerprint density at radius 1 is 1.10 bits per heavy atom. The van der Waals surface area contributed by atoms with Crippen molar-refractivity contribution >= 4 is 28.8 Å². The lowest BCUT2D eigenvalue weighted by molar-refractivity contribution is 0.0930. The summed E-state index contributed by atoms with van der Waals surface area (Å²) < 4.78 is 1.92. The number of carbonyl (C=O) groups is 2. The number of benzene rings is 1. The molecule has 1 aromatic carbocycles. The molecule has 0 bridgehead atoms. The van der Waals surface area contributed by atoms with Crippen LogP contribution in [-0.4, -0.2) is 22.4 Å². The molecule has 0 saturated heterocycles. The van der Waals surface area contributed by atoms with Crippen molar-refractivity contribution in [3.05, 3.63) is 75.7 Å². The second kappa shape index (κ2) is 8.66. The van der Waals surface area contributed by atoms with E-state index in [-0.39, 0.29) is 17.9 Å². The van der Waals surface area contributed by atoms with Gasteiger partial charge in [0.25, 0.3) is 11.8 Å². The molecule has 1 fully saturated rings. The fraction of sp³-hybridized carbons (Fsp3) is 0.304. The molecule has 6 heteroatoms. The number of rotatable bonds is 6. The summed E-state index contributed by atoms with van der Waals surface area (Å²) in [5.41, 5.74) is 3.35. The molecule has 2 N–H and O–H groups in total. The summed E-state index contributed by atoms with van der Waals surface area (Å²) in [6, 6.07) is 13.9. The van der Waals surface area contributed by atoms with Gasteiger partial charge in [-0.2, -0.15) is 0 Å². The maximum atomic E-state index is 13.1. The number of nitrogens with one attached hydrogen (secondary N) is 2. The zero-order valence-corrected chi connectivity index (χ0v) is 17.3. The minimum Gasteiger partial charge on any atom is -0.348 e. The second-order valence-corrected chi connectivity index (χ2v) is 8.53. The summed E-state index contributed by atoms with van der Waals surface area (Å²) in [4.78, 5) is 26.3. The standard InChI is InChI=1S/C23H25N3O2S/c1-16-6-4-7-17(14-16)15-26-12-11-19(25-22(27)20-10-5-13-29-20)21(26)23(28)24-18-8-2-3-9-18/h4-7,10-14,18H,2-3,8-9,15H2,1H3,(H,24,28)(H,25,27). The van der Waals surface area contributed by atoms with Crippen molar-refractivity contribution in [1.29, 1.82) is 0 Å². The Hall–Kier alpha value is -2.86. The molecule has 1 aliphatic rings. The van der Waals surface area contributed by atoms with E-state index in [4.69, 9.17) is 0 Å². The Labute approximate surface area is 174 Å². The molecule has 1 aliphatic carbocycles. The Balaban J connectivity index is 1.62. The number of amides is 2. The van der Waals surface area contributed by atoms with Gasteiger partial charge in [0.1, 0.15) is 5.69 Å². The van der Waals surface area contributed by atoms with Crippen LogP contribution in [0.4, 0.5) is 5.69 Å². The van der Waals surface area contributed by atoms with Crippen LogP contribution in [0.1, 0.15) is 57.0 Å². The van der Waals surface area contributed by atoms with Crippen LogP contribution >= 0.6 is 11.3 Å². The topological polar surface area (TPSA) is 63.1 Å². The van der Waals surface area contributed by atoms with Gasteiger partial charge in [0.05, 0.1) is 10.6 Å². The highest BCUT2D eigenvalue weighted by molar-refractivity contribution is 7.12. The number of carbonyl (C=O) groups excluding carboxylic acids is 2. The Morgan fingerprint density at radius 3 is 2.66 bits per heavy atom. The predicted octanol–water partition coefficient (Wildman–Crippen LogP) is 4.83. The van der Waals surface area contributed by atoms with Crippen molar-refractivity contribution in [2.75, 3.05) is 5.32 Å². The molecule has 0 atom stereocenters. The van der Waals surface area contributed by atoms with Crippen LogP contribution in [0.25, 0.3) is 0 Å².